The van der Waals surface area contributed by atoms with Crippen LogP contribution in [0, 0.1) is 0 Å². The SMILES string of the molecule is COc1ccc2nc(/C=C\c3ccncc3)nc(NC3CCC(N)CC3)c2c1.Cl.Cl.Cl. The third kappa shape index (κ3) is 6.94. The lowest BCUT2D eigenvalue weighted by molar-refractivity contribution is 0.410. The molecule has 0 radical (unpaired) electrons. The Kier molecular flexibility index (Phi) is 11.0. The van der Waals surface area contributed by atoms with Crippen molar-refractivity contribution < 1.29 is 4.74 Å². The molecule has 0 amide bonds. The highest BCUT2D eigenvalue weighted by Crippen LogP contribution is 2.28. The molecule has 0 atom stereocenters. The highest BCUT2D eigenvalue weighted by atomic mass is 35.5. The Hall–Kier alpha value is -2.12. The van der Waals surface area contributed by atoms with Crippen molar-refractivity contribution in [1.82, 2.24) is 15.0 Å². The normalized spacial score (nSPS) is 17.9. The van der Waals surface area contributed by atoms with Gasteiger partial charge < -0.3 is 15.8 Å². The molecule has 0 spiro atoms. The van der Waals surface area contributed by atoms with Gasteiger partial charge in [0.25, 0.3) is 0 Å². The molecule has 4 rings (SSSR count). The van der Waals surface area contributed by atoms with Gasteiger partial charge in [-0.1, -0.05) is 6.08 Å². The van der Waals surface area contributed by atoms with Crippen LogP contribution in [0.4, 0.5) is 5.82 Å². The quantitative estimate of drug-likeness (QED) is 0.521. The molecule has 1 saturated carbocycles. The van der Waals surface area contributed by atoms with E-state index >= 15 is 0 Å². The summed E-state index contributed by atoms with van der Waals surface area (Å²) in [6, 6.07) is 10.5. The molecule has 0 unspecified atom stereocenters. The number of methoxy groups -OCH3 is 1. The van der Waals surface area contributed by atoms with Crippen molar-refractivity contribution in [2.75, 3.05) is 12.4 Å². The summed E-state index contributed by atoms with van der Waals surface area (Å²) in [6.45, 7) is 0. The van der Waals surface area contributed by atoms with Crippen molar-refractivity contribution in [2.24, 2.45) is 5.73 Å². The topological polar surface area (TPSA) is 86.0 Å². The molecule has 3 aromatic rings. The van der Waals surface area contributed by atoms with Crippen LogP contribution in [-0.2, 0) is 0 Å². The molecule has 31 heavy (non-hydrogen) atoms. The van der Waals surface area contributed by atoms with Gasteiger partial charge in [-0.25, -0.2) is 9.97 Å². The van der Waals surface area contributed by atoms with Gasteiger partial charge in [0.05, 0.1) is 12.6 Å². The number of rotatable bonds is 5. The largest absolute Gasteiger partial charge is 0.497 e. The minimum absolute atomic E-state index is 0. The van der Waals surface area contributed by atoms with Gasteiger partial charge in [-0.2, -0.15) is 0 Å². The summed E-state index contributed by atoms with van der Waals surface area (Å²) < 4.78 is 5.40. The number of anilines is 1. The van der Waals surface area contributed by atoms with E-state index in [0.29, 0.717) is 17.9 Å². The summed E-state index contributed by atoms with van der Waals surface area (Å²) in [7, 11) is 1.67. The maximum Gasteiger partial charge on any atom is 0.154 e. The van der Waals surface area contributed by atoms with E-state index in [2.05, 4.69) is 10.3 Å². The van der Waals surface area contributed by atoms with Crippen LogP contribution in [0.15, 0.2) is 42.7 Å². The standard InChI is InChI=1S/C22H25N5O.3ClH/c1-28-18-7-8-20-19(14-18)22(25-17-5-3-16(23)4-6-17)27-21(26-20)9-2-15-10-12-24-13-11-15;;;/h2,7-14,16-17H,3-6,23H2,1H3,(H,25,26,27);3*1H/b9-2-;;;. The van der Waals surface area contributed by atoms with Crippen molar-refractivity contribution in [2.45, 2.75) is 37.8 Å². The fourth-order valence-corrected chi connectivity index (χ4v) is 3.54. The molecular formula is C22H28Cl3N5O. The summed E-state index contributed by atoms with van der Waals surface area (Å²) >= 11 is 0. The highest BCUT2D eigenvalue weighted by Gasteiger charge is 2.20. The number of hydrogen-bond acceptors (Lipinski definition) is 6. The van der Waals surface area contributed by atoms with E-state index in [1.165, 1.54) is 0 Å². The molecule has 6 nitrogen and oxygen atoms in total. The van der Waals surface area contributed by atoms with E-state index in [0.717, 1.165) is 53.7 Å². The van der Waals surface area contributed by atoms with Gasteiger partial charge >= 0.3 is 0 Å². The monoisotopic (exact) mass is 483 g/mol. The van der Waals surface area contributed by atoms with Crippen LogP contribution >= 0.6 is 37.2 Å². The molecule has 3 N–H and O–H groups in total. The van der Waals surface area contributed by atoms with E-state index in [1.807, 2.05) is 42.5 Å². The third-order valence-electron chi connectivity index (χ3n) is 5.16. The van der Waals surface area contributed by atoms with Crippen LogP contribution in [0.1, 0.15) is 37.1 Å². The zero-order valence-corrected chi connectivity index (χ0v) is 19.7. The molecule has 1 aliphatic carbocycles. The molecule has 1 fully saturated rings. The number of nitrogens with one attached hydrogen (secondary N) is 1. The van der Waals surface area contributed by atoms with E-state index < -0.39 is 0 Å². The fraction of sp³-hybridized carbons (Fsp3) is 0.318. The number of hydrogen-bond donors (Lipinski definition) is 2. The Balaban J connectivity index is 0.00000160. The van der Waals surface area contributed by atoms with E-state index in [-0.39, 0.29) is 37.2 Å². The van der Waals surface area contributed by atoms with Crippen LogP contribution in [0.3, 0.4) is 0 Å². The van der Waals surface area contributed by atoms with Crippen molar-refractivity contribution >= 4 is 66.1 Å². The summed E-state index contributed by atoms with van der Waals surface area (Å²) in [5, 5.41) is 4.60. The second-order valence-corrected chi connectivity index (χ2v) is 7.18. The second kappa shape index (κ2) is 12.7. The van der Waals surface area contributed by atoms with Crippen molar-refractivity contribution in [3.05, 3.63) is 54.1 Å². The Labute approximate surface area is 201 Å². The molecule has 0 aliphatic heterocycles. The average Bonchev–Trinajstić information content (AvgIpc) is 2.74. The van der Waals surface area contributed by atoms with E-state index in [4.69, 9.17) is 20.4 Å². The average molecular weight is 485 g/mol. The van der Waals surface area contributed by atoms with Crippen LogP contribution in [0.2, 0.25) is 0 Å². The first-order valence-corrected chi connectivity index (χ1v) is 9.67. The Morgan fingerprint density at radius 1 is 0.968 bits per heavy atom. The Bertz CT molecular complexity index is 980. The van der Waals surface area contributed by atoms with Crippen molar-refractivity contribution in [3.63, 3.8) is 0 Å². The van der Waals surface area contributed by atoms with E-state index in [9.17, 15) is 0 Å². The summed E-state index contributed by atoms with van der Waals surface area (Å²) in [4.78, 5) is 13.5. The van der Waals surface area contributed by atoms with E-state index in [1.54, 1.807) is 19.5 Å². The predicted octanol–water partition coefficient (Wildman–Crippen LogP) is 5.15. The number of benzene rings is 1. The Morgan fingerprint density at radius 2 is 1.68 bits per heavy atom. The van der Waals surface area contributed by atoms with Gasteiger partial charge in [-0.05, 0) is 67.7 Å². The smallest absolute Gasteiger partial charge is 0.154 e. The maximum absolute atomic E-state index is 6.05. The number of nitrogens with zero attached hydrogens (tertiary/aromatic N) is 3. The molecule has 2 heterocycles. The first-order chi connectivity index (χ1) is 13.7. The van der Waals surface area contributed by atoms with Crippen molar-refractivity contribution in [3.8, 4) is 5.75 Å². The molecule has 0 bridgehead atoms. The van der Waals surface area contributed by atoms with Gasteiger partial charge in [0.1, 0.15) is 11.6 Å². The van der Waals surface area contributed by atoms with Crippen molar-refractivity contribution in [1.29, 1.82) is 0 Å². The summed E-state index contributed by atoms with van der Waals surface area (Å²) in [5.41, 5.74) is 8.00. The number of ether oxygens (including phenoxy) is 1. The van der Waals surface area contributed by atoms with Gasteiger partial charge in [0.15, 0.2) is 5.82 Å². The molecule has 168 valence electrons. The number of halogens is 3. The minimum Gasteiger partial charge on any atom is -0.497 e. The highest BCUT2D eigenvalue weighted by molar-refractivity contribution is 5.91. The summed E-state index contributed by atoms with van der Waals surface area (Å²) in [6.07, 6.45) is 11.7. The zero-order valence-electron chi connectivity index (χ0n) is 17.2. The molecular weight excluding hydrogens is 457 g/mol. The lowest BCUT2D eigenvalue weighted by Crippen LogP contribution is -2.33. The molecule has 1 aromatic carbocycles. The van der Waals surface area contributed by atoms with Gasteiger partial charge in [0, 0.05) is 29.9 Å². The number of aromatic nitrogens is 3. The van der Waals surface area contributed by atoms with Crippen LogP contribution in [-0.4, -0.2) is 34.1 Å². The van der Waals surface area contributed by atoms with Gasteiger partial charge in [-0.15, -0.1) is 37.2 Å². The summed E-state index contributed by atoms with van der Waals surface area (Å²) in [5.74, 6) is 2.31. The lowest BCUT2D eigenvalue weighted by atomic mass is 9.92. The lowest BCUT2D eigenvalue weighted by Gasteiger charge is -2.27. The van der Waals surface area contributed by atoms with Crippen LogP contribution in [0.5, 0.6) is 5.75 Å². The van der Waals surface area contributed by atoms with Gasteiger partial charge in [-0.3, -0.25) is 4.98 Å². The first-order valence-electron chi connectivity index (χ1n) is 9.67. The molecule has 0 saturated heterocycles. The molecule has 9 heteroatoms. The number of nitrogens with two attached hydrogens (primary N) is 1. The maximum atomic E-state index is 6.05. The predicted molar refractivity (Wildman–Crippen MR) is 135 cm³/mol. The number of fused-ring (bicyclic) bond motifs is 1. The Morgan fingerprint density at radius 3 is 2.35 bits per heavy atom. The van der Waals surface area contributed by atoms with Crippen LogP contribution in [0.25, 0.3) is 23.1 Å². The van der Waals surface area contributed by atoms with Gasteiger partial charge in [0.2, 0.25) is 0 Å². The zero-order chi connectivity index (χ0) is 19.3. The first kappa shape index (κ1) is 26.9. The molecule has 2 aromatic heterocycles. The third-order valence-corrected chi connectivity index (χ3v) is 5.16. The van der Waals surface area contributed by atoms with Crippen LogP contribution < -0.4 is 15.8 Å². The fourth-order valence-electron chi connectivity index (χ4n) is 3.54. The second-order valence-electron chi connectivity index (χ2n) is 7.18. The minimum atomic E-state index is 0. The molecule has 1 aliphatic rings. The number of pyridine rings is 1.